The molecule has 0 atom stereocenters. The van der Waals surface area contributed by atoms with Gasteiger partial charge in [-0.15, -0.1) is 5.10 Å². The lowest BCUT2D eigenvalue weighted by Crippen LogP contribution is -2.19. The number of nitrogens with zero attached hydrogens (tertiary/aromatic N) is 4. The van der Waals surface area contributed by atoms with E-state index >= 15 is 0 Å². The average Bonchev–Trinajstić information content (AvgIpc) is 3.07. The van der Waals surface area contributed by atoms with E-state index in [1.807, 2.05) is 30.3 Å². The molecule has 1 aromatic carbocycles. The Morgan fingerprint density at radius 3 is 2.47 bits per heavy atom. The van der Waals surface area contributed by atoms with Gasteiger partial charge in [0.05, 0.1) is 5.69 Å². The summed E-state index contributed by atoms with van der Waals surface area (Å²) >= 11 is 0. The van der Waals surface area contributed by atoms with Crippen LogP contribution in [-0.4, -0.2) is 22.9 Å². The number of nitrogens with two attached hydrogens (primary N) is 1. The number of rotatable bonds is 2. The van der Waals surface area contributed by atoms with E-state index in [2.05, 4.69) is 16.1 Å². The Balaban J connectivity index is 2.10. The van der Waals surface area contributed by atoms with Crippen LogP contribution in [0.1, 0.15) is 18.4 Å². The van der Waals surface area contributed by atoms with Crippen molar-refractivity contribution >= 4 is 11.6 Å². The number of nitriles is 1. The molecule has 1 saturated heterocycles. The summed E-state index contributed by atoms with van der Waals surface area (Å²) in [5, 5.41) is 13.8. The van der Waals surface area contributed by atoms with E-state index in [-0.39, 0.29) is 0 Å². The van der Waals surface area contributed by atoms with Crippen LogP contribution in [0.3, 0.4) is 0 Å². The number of hydrogen-bond acceptors (Lipinski definition) is 4. The van der Waals surface area contributed by atoms with Crippen LogP contribution in [0, 0.1) is 11.3 Å². The smallest absolute Gasteiger partial charge is 0.171 e. The molecule has 2 heterocycles. The first kappa shape index (κ1) is 11.6. The minimum atomic E-state index is 0.413. The zero-order valence-electron chi connectivity index (χ0n) is 10.6. The maximum Gasteiger partial charge on any atom is 0.171 e. The predicted octanol–water partition coefficient (Wildman–Crippen LogP) is 1.93. The third-order valence-electron chi connectivity index (χ3n) is 3.42. The minimum Gasteiger partial charge on any atom is -0.382 e. The van der Waals surface area contributed by atoms with Crippen LogP contribution >= 0.6 is 0 Å². The predicted molar refractivity (Wildman–Crippen MR) is 74.1 cm³/mol. The number of nitrogen functional groups attached to an aromatic ring is 1. The van der Waals surface area contributed by atoms with Gasteiger partial charge in [0.25, 0.3) is 0 Å². The van der Waals surface area contributed by atoms with Gasteiger partial charge in [-0.2, -0.15) is 5.26 Å². The molecule has 5 heteroatoms. The zero-order chi connectivity index (χ0) is 13.2. The second-order valence-electron chi connectivity index (χ2n) is 4.64. The molecule has 2 aromatic rings. The number of aromatic nitrogens is 2. The van der Waals surface area contributed by atoms with Gasteiger partial charge in [-0.25, -0.2) is 4.68 Å². The van der Waals surface area contributed by atoms with Crippen molar-refractivity contribution in [1.29, 1.82) is 5.26 Å². The number of para-hydroxylation sites is 1. The highest BCUT2D eigenvalue weighted by atomic mass is 15.4. The molecule has 0 bridgehead atoms. The Bertz CT molecular complexity index is 617. The quantitative estimate of drug-likeness (QED) is 0.887. The fraction of sp³-hybridized carbons (Fsp3) is 0.286. The van der Waals surface area contributed by atoms with Crippen molar-refractivity contribution in [2.45, 2.75) is 12.8 Å². The van der Waals surface area contributed by atoms with Crippen molar-refractivity contribution in [1.82, 2.24) is 9.78 Å². The van der Waals surface area contributed by atoms with Crippen molar-refractivity contribution in [2.24, 2.45) is 0 Å². The van der Waals surface area contributed by atoms with Crippen molar-refractivity contribution in [2.75, 3.05) is 23.7 Å². The van der Waals surface area contributed by atoms with E-state index in [1.54, 1.807) is 4.68 Å². The summed E-state index contributed by atoms with van der Waals surface area (Å²) in [5.74, 6) is 1.12. The van der Waals surface area contributed by atoms with Gasteiger partial charge in [0.2, 0.25) is 0 Å². The third kappa shape index (κ3) is 1.91. The van der Waals surface area contributed by atoms with Crippen molar-refractivity contribution in [3.05, 3.63) is 35.9 Å². The van der Waals surface area contributed by atoms with Gasteiger partial charge in [-0.05, 0) is 25.0 Å². The molecular formula is C14H15N5. The summed E-state index contributed by atoms with van der Waals surface area (Å²) in [4.78, 5) is 2.13. The molecule has 96 valence electrons. The van der Waals surface area contributed by atoms with E-state index < -0.39 is 0 Å². The normalized spacial score (nSPS) is 14.6. The van der Waals surface area contributed by atoms with Crippen LogP contribution in [0.2, 0.25) is 0 Å². The van der Waals surface area contributed by atoms with E-state index in [4.69, 9.17) is 5.73 Å². The molecular weight excluding hydrogens is 238 g/mol. The van der Waals surface area contributed by atoms with Gasteiger partial charge >= 0.3 is 0 Å². The van der Waals surface area contributed by atoms with Crippen molar-refractivity contribution < 1.29 is 0 Å². The Morgan fingerprint density at radius 1 is 1.16 bits per heavy atom. The van der Waals surface area contributed by atoms with Crippen LogP contribution in [0.4, 0.5) is 11.6 Å². The first-order valence-corrected chi connectivity index (χ1v) is 6.40. The molecule has 0 spiro atoms. The Labute approximate surface area is 111 Å². The Morgan fingerprint density at radius 2 is 1.84 bits per heavy atom. The van der Waals surface area contributed by atoms with Crippen LogP contribution in [0.15, 0.2) is 30.3 Å². The molecule has 3 rings (SSSR count). The van der Waals surface area contributed by atoms with E-state index in [0.29, 0.717) is 17.2 Å². The largest absolute Gasteiger partial charge is 0.382 e. The maximum absolute atomic E-state index is 9.31. The first-order chi connectivity index (χ1) is 9.31. The molecule has 19 heavy (non-hydrogen) atoms. The van der Waals surface area contributed by atoms with Crippen molar-refractivity contribution in [3.8, 4) is 11.8 Å². The molecule has 1 aliphatic rings. The molecule has 1 aliphatic heterocycles. The van der Waals surface area contributed by atoms with E-state index in [9.17, 15) is 5.26 Å². The molecule has 1 aromatic heterocycles. The lowest BCUT2D eigenvalue weighted by Gasteiger charge is -2.13. The topological polar surface area (TPSA) is 70.9 Å². The fourth-order valence-corrected chi connectivity index (χ4v) is 2.44. The second kappa shape index (κ2) is 4.65. The van der Waals surface area contributed by atoms with Crippen molar-refractivity contribution in [3.63, 3.8) is 0 Å². The van der Waals surface area contributed by atoms with Gasteiger partial charge in [-0.3, -0.25) is 0 Å². The molecule has 0 aliphatic carbocycles. The van der Waals surface area contributed by atoms with E-state index in [1.165, 1.54) is 0 Å². The van der Waals surface area contributed by atoms with Gasteiger partial charge in [-0.1, -0.05) is 18.2 Å². The fourth-order valence-electron chi connectivity index (χ4n) is 2.44. The first-order valence-electron chi connectivity index (χ1n) is 6.40. The lowest BCUT2D eigenvalue weighted by atomic mass is 10.3. The number of hydrogen-bond donors (Lipinski definition) is 1. The van der Waals surface area contributed by atoms with Gasteiger partial charge < -0.3 is 10.6 Å². The van der Waals surface area contributed by atoms with E-state index in [0.717, 1.165) is 31.6 Å². The summed E-state index contributed by atoms with van der Waals surface area (Å²) < 4.78 is 1.65. The molecule has 1 fully saturated rings. The molecule has 0 saturated carbocycles. The summed E-state index contributed by atoms with van der Waals surface area (Å²) in [5.41, 5.74) is 7.42. The minimum absolute atomic E-state index is 0.413. The summed E-state index contributed by atoms with van der Waals surface area (Å²) in [6.45, 7) is 1.89. The molecule has 0 radical (unpaired) electrons. The summed E-state index contributed by atoms with van der Waals surface area (Å²) in [6.07, 6.45) is 2.28. The van der Waals surface area contributed by atoms with Crippen LogP contribution in [0.5, 0.6) is 0 Å². The van der Waals surface area contributed by atoms with Gasteiger partial charge in [0.1, 0.15) is 17.5 Å². The summed E-state index contributed by atoms with van der Waals surface area (Å²) in [7, 11) is 0. The van der Waals surface area contributed by atoms with Crippen LogP contribution in [0.25, 0.3) is 5.69 Å². The van der Waals surface area contributed by atoms with Gasteiger partial charge in [0.15, 0.2) is 5.82 Å². The molecule has 5 nitrogen and oxygen atoms in total. The molecule has 0 unspecified atom stereocenters. The SMILES string of the molecule is N#Cc1c(N2CCCC2)nn(-c2ccccc2)c1N. The average molecular weight is 253 g/mol. The van der Waals surface area contributed by atoms with Crippen LogP contribution in [-0.2, 0) is 0 Å². The highest BCUT2D eigenvalue weighted by molar-refractivity contribution is 5.67. The Hall–Kier alpha value is -2.48. The number of benzene rings is 1. The number of anilines is 2. The monoisotopic (exact) mass is 253 g/mol. The highest BCUT2D eigenvalue weighted by Gasteiger charge is 2.23. The van der Waals surface area contributed by atoms with Gasteiger partial charge in [0, 0.05) is 13.1 Å². The maximum atomic E-state index is 9.31. The third-order valence-corrected chi connectivity index (χ3v) is 3.42. The lowest BCUT2D eigenvalue weighted by molar-refractivity contribution is 0.850. The Kier molecular flexibility index (Phi) is 2.84. The standard InChI is InChI=1S/C14H15N5/c15-10-12-13(16)19(11-6-2-1-3-7-11)17-14(12)18-8-4-5-9-18/h1-3,6-7H,4-5,8-9,16H2. The zero-order valence-corrected chi connectivity index (χ0v) is 10.6. The highest BCUT2D eigenvalue weighted by Crippen LogP contribution is 2.29. The summed E-state index contributed by atoms with van der Waals surface area (Å²) in [6, 6.07) is 11.8. The molecule has 0 amide bonds. The van der Waals surface area contributed by atoms with Crippen LogP contribution < -0.4 is 10.6 Å². The second-order valence-corrected chi connectivity index (χ2v) is 4.64. The molecule has 2 N–H and O–H groups in total.